The van der Waals surface area contributed by atoms with E-state index in [-0.39, 0.29) is 28.9 Å². The molecule has 1 aliphatic carbocycles. The second-order valence-corrected chi connectivity index (χ2v) is 11.8. The van der Waals surface area contributed by atoms with Gasteiger partial charge in [-0.3, -0.25) is 9.59 Å². The predicted octanol–water partition coefficient (Wildman–Crippen LogP) is 5.70. The normalized spacial score (nSPS) is 21.6. The van der Waals surface area contributed by atoms with Gasteiger partial charge in [0, 0.05) is 17.4 Å². The standard InChI is InChI=1S/C25H28F3N5O3S/c1-24(2,3)12-6-7-13-17(9-12)37-23(20(13)21(29)34)31-22(35)15-11-19-30-14(16-5-4-8-36-16)10-18(25(26,27)28)33(19)32-15/h4-5,8,11-12,14,18,30H,6-7,9-10H2,1-3H3,(H2,29,34)(H,31,35)/t12-,14-,18+/m1/s1. The summed E-state index contributed by atoms with van der Waals surface area (Å²) in [5.74, 6) is -0.542. The fourth-order valence-electron chi connectivity index (χ4n) is 5.20. The number of aromatic nitrogens is 2. The van der Waals surface area contributed by atoms with E-state index in [0.29, 0.717) is 23.1 Å². The van der Waals surface area contributed by atoms with Gasteiger partial charge in [-0.05, 0) is 48.3 Å². The number of carbonyl (C=O) groups is 2. The van der Waals surface area contributed by atoms with E-state index in [1.165, 1.54) is 23.7 Å². The quantitative estimate of drug-likeness (QED) is 0.396. The fourth-order valence-corrected chi connectivity index (χ4v) is 6.53. The van der Waals surface area contributed by atoms with Gasteiger partial charge in [0.2, 0.25) is 0 Å². The predicted molar refractivity (Wildman–Crippen MR) is 133 cm³/mol. The van der Waals surface area contributed by atoms with Gasteiger partial charge in [0.15, 0.2) is 11.7 Å². The Bertz CT molecular complexity index is 1340. The molecule has 2 aliphatic rings. The minimum absolute atomic E-state index is 0.0498. The SMILES string of the molecule is CC(C)(C)[C@@H]1CCc2c(sc(NC(=O)c3cc4n(n3)[C@H](C(F)(F)F)C[C@H](c3ccco3)N4)c2C(N)=O)C1. The molecule has 0 fully saturated rings. The van der Waals surface area contributed by atoms with Crippen molar-refractivity contribution in [3.63, 3.8) is 0 Å². The van der Waals surface area contributed by atoms with E-state index >= 15 is 0 Å². The van der Waals surface area contributed by atoms with Crippen LogP contribution < -0.4 is 16.4 Å². The Hall–Kier alpha value is -3.28. The van der Waals surface area contributed by atoms with E-state index < -0.39 is 30.1 Å². The maximum Gasteiger partial charge on any atom is 0.410 e. The van der Waals surface area contributed by atoms with Gasteiger partial charge in [0.1, 0.15) is 16.6 Å². The van der Waals surface area contributed by atoms with Crippen LogP contribution in [0.1, 0.15) is 82.7 Å². The van der Waals surface area contributed by atoms with Crippen LogP contribution in [-0.4, -0.2) is 27.8 Å². The van der Waals surface area contributed by atoms with Gasteiger partial charge < -0.3 is 20.8 Å². The van der Waals surface area contributed by atoms with Crippen LogP contribution in [0, 0.1) is 11.3 Å². The number of hydrogen-bond acceptors (Lipinski definition) is 6. The van der Waals surface area contributed by atoms with Crippen LogP contribution in [0.5, 0.6) is 0 Å². The number of carbonyl (C=O) groups excluding carboxylic acids is 2. The summed E-state index contributed by atoms with van der Waals surface area (Å²) in [5.41, 5.74) is 6.68. The first-order chi connectivity index (χ1) is 17.3. The van der Waals surface area contributed by atoms with Gasteiger partial charge in [-0.25, -0.2) is 4.68 Å². The number of thiophene rings is 1. The molecule has 0 bridgehead atoms. The molecule has 0 aromatic carbocycles. The van der Waals surface area contributed by atoms with E-state index in [0.717, 1.165) is 28.0 Å². The van der Waals surface area contributed by atoms with Crippen molar-refractivity contribution in [2.45, 2.75) is 64.7 Å². The number of amides is 2. The Morgan fingerprint density at radius 3 is 2.68 bits per heavy atom. The maximum absolute atomic E-state index is 13.9. The van der Waals surface area contributed by atoms with Crippen LogP contribution in [0.15, 0.2) is 28.9 Å². The number of fused-ring (bicyclic) bond motifs is 2. The van der Waals surface area contributed by atoms with E-state index in [1.54, 1.807) is 12.1 Å². The van der Waals surface area contributed by atoms with Crippen molar-refractivity contribution >= 4 is 34.0 Å². The molecule has 0 spiro atoms. The monoisotopic (exact) mass is 535 g/mol. The molecule has 1 aliphatic heterocycles. The second-order valence-electron chi connectivity index (χ2n) is 10.7. The van der Waals surface area contributed by atoms with Crippen molar-refractivity contribution < 1.29 is 27.2 Å². The van der Waals surface area contributed by atoms with Gasteiger partial charge in [-0.15, -0.1) is 11.3 Å². The molecule has 198 valence electrons. The summed E-state index contributed by atoms with van der Waals surface area (Å²) in [6.07, 6.45) is -1.20. The minimum Gasteiger partial charge on any atom is -0.467 e. The zero-order chi connectivity index (χ0) is 26.7. The Morgan fingerprint density at radius 1 is 1.30 bits per heavy atom. The molecule has 0 saturated heterocycles. The third kappa shape index (κ3) is 4.74. The highest BCUT2D eigenvalue weighted by molar-refractivity contribution is 7.17. The zero-order valence-corrected chi connectivity index (χ0v) is 21.4. The fraction of sp³-hybridized carbons (Fsp3) is 0.480. The third-order valence-electron chi connectivity index (χ3n) is 7.27. The molecule has 12 heteroatoms. The van der Waals surface area contributed by atoms with Crippen LogP contribution in [-0.2, 0) is 12.8 Å². The van der Waals surface area contributed by atoms with Crippen molar-refractivity contribution in [3.8, 4) is 0 Å². The molecule has 4 heterocycles. The van der Waals surface area contributed by atoms with E-state index in [1.807, 2.05) is 0 Å². The highest BCUT2D eigenvalue weighted by Crippen LogP contribution is 2.45. The number of nitrogens with one attached hydrogen (secondary N) is 2. The molecule has 3 atom stereocenters. The summed E-state index contributed by atoms with van der Waals surface area (Å²) in [6, 6.07) is 1.80. The van der Waals surface area contributed by atoms with Crippen molar-refractivity contribution in [2.24, 2.45) is 17.1 Å². The van der Waals surface area contributed by atoms with Crippen LogP contribution in [0.25, 0.3) is 0 Å². The number of primary amides is 1. The lowest BCUT2D eigenvalue weighted by atomic mass is 9.72. The Balaban J connectivity index is 1.44. The molecule has 8 nitrogen and oxygen atoms in total. The summed E-state index contributed by atoms with van der Waals surface area (Å²) < 4.78 is 47.8. The number of alkyl halides is 3. The molecule has 3 aromatic heterocycles. The largest absolute Gasteiger partial charge is 0.467 e. The van der Waals surface area contributed by atoms with Crippen molar-refractivity contribution in [1.82, 2.24) is 9.78 Å². The molecule has 2 amide bonds. The molecule has 0 radical (unpaired) electrons. The van der Waals surface area contributed by atoms with E-state index in [9.17, 15) is 22.8 Å². The van der Waals surface area contributed by atoms with Crippen molar-refractivity contribution in [2.75, 3.05) is 10.6 Å². The summed E-state index contributed by atoms with van der Waals surface area (Å²) in [4.78, 5) is 26.5. The van der Waals surface area contributed by atoms with Crippen molar-refractivity contribution in [1.29, 1.82) is 0 Å². The lowest BCUT2D eigenvalue weighted by molar-refractivity contribution is -0.174. The van der Waals surface area contributed by atoms with Crippen LogP contribution in [0.3, 0.4) is 0 Å². The topological polar surface area (TPSA) is 115 Å². The Morgan fingerprint density at radius 2 is 2.05 bits per heavy atom. The molecule has 4 N–H and O–H groups in total. The number of nitrogens with zero attached hydrogens (tertiary/aromatic N) is 2. The number of anilines is 2. The van der Waals surface area contributed by atoms with E-state index in [4.69, 9.17) is 10.2 Å². The lowest BCUT2D eigenvalue weighted by Crippen LogP contribution is -2.35. The van der Waals surface area contributed by atoms with E-state index in [2.05, 4.69) is 36.5 Å². The Kier molecular flexibility index (Phi) is 6.12. The molecular weight excluding hydrogens is 507 g/mol. The Labute approximate surface area is 215 Å². The first-order valence-electron chi connectivity index (χ1n) is 12.0. The smallest absolute Gasteiger partial charge is 0.410 e. The first kappa shape index (κ1) is 25.4. The van der Waals surface area contributed by atoms with Gasteiger partial charge in [-0.2, -0.15) is 18.3 Å². The summed E-state index contributed by atoms with van der Waals surface area (Å²) in [6.45, 7) is 6.52. The number of furan rings is 1. The van der Waals surface area contributed by atoms with Gasteiger partial charge >= 0.3 is 6.18 Å². The molecule has 5 rings (SSSR count). The molecule has 37 heavy (non-hydrogen) atoms. The third-order valence-corrected chi connectivity index (χ3v) is 8.44. The lowest BCUT2D eigenvalue weighted by Gasteiger charge is -2.33. The minimum atomic E-state index is -4.59. The zero-order valence-electron chi connectivity index (χ0n) is 20.6. The number of halogens is 3. The first-order valence-corrected chi connectivity index (χ1v) is 12.9. The summed E-state index contributed by atoms with van der Waals surface area (Å²) in [5, 5.41) is 9.97. The highest BCUT2D eigenvalue weighted by Gasteiger charge is 2.47. The molecule has 3 aromatic rings. The van der Waals surface area contributed by atoms with Gasteiger partial charge in [0.05, 0.1) is 17.9 Å². The average molecular weight is 536 g/mol. The maximum atomic E-state index is 13.9. The van der Waals surface area contributed by atoms with Crippen LogP contribution in [0.4, 0.5) is 24.0 Å². The highest BCUT2D eigenvalue weighted by atomic mass is 32.1. The number of nitrogens with two attached hydrogens (primary N) is 1. The van der Waals surface area contributed by atoms with Gasteiger partial charge in [-0.1, -0.05) is 20.8 Å². The average Bonchev–Trinajstić information content (AvgIpc) is 3.53. The second kappa shape index (κ2) is 8.93. The molecular formula is C25H28F3N5O3S. The molecule has 0 saturated carbocycles. The number of rotatable bonds is 4. The summed E-state index contributed by atoms with van der Waals surface area (Å²) >= 11 is 1.30. The number of hydrogen-bond donors (Lipinski definition) is 3. The van der Waals surface area contributed by atoms with Crippen LogP contribution >= 0.6 is 11.3 Å². The molecule has 0 unspecified atom stereocenters. The van der Waals surface area contributed by atoms with Gasteiger partial charge in [0.25, 0.3) is 11.8 Å². The van der Waals surface area contributed by atoms with Crippen molar-refractivity contribution in [3.05, 3.63) is 51.9 Å². The summed E-state index contributed by atoms with van der Waals surface area (Å²) in [7, 11) is 0. The van der Waals surface area contributed by atoms with Crippen LogP contribution in [0.2, 0.25) is 0 Å².